The maximum atomic E-state index is 5.92. The van der Waals surface area contributed by atoms with Gasteiger partial charge in [-0.05, 0) is 31.0 Å². The summed E-state index contributed by atoms with van der Waals surface area (Å²) >= 11 is 0. The number of hydrogen-bond donors (Lipinski definition) is 1. The first-order chi connectivity index (χ1) is 8.78. The Hall–Kier alpha value is -0.840. The van der Waals surface area contributed by atoms with Gasteiger partial charge in [-0.15, -0.1) is 0 Å². The highest BCUT2D eigenvalue weighted by Gasteiger charge is 2.29. The smallest absolute Gasteiger partial charge is 0.122 e. The summed E-state index contributed by atoms with van der Waals surface area (Å²) < 4.78 is 11.1. The Morgan fingerprint density at radius 1 is 1.56 bits per heavy atom. The van der Waals surface area contributed by atoms with Crippen molar-refractivity contribution in [2.24, 2.45) is 11.7 Å². The number of rotatable bonds is 6. The van der Waals surface area contributed by atoms with E-state index in [4.69, 9.17) is 14.9 Å². The molecular weight excluding hydrogens is 228 g/mol. The maximum Gasteiger partial charge on any atom is 0.122 e. The predicted molar refractivity (Wildman–Crippen MR) is 71.4 cm³/mol. The van der Waals surface area contributed by atoms with Gasteiger partial charge in [0.15, 0.2) is 0 Å². The van der Waals surface area contributed by atoms with E-state index in [0.717, 1.165) is 37.6 Å². The van der Waals surface area contributed by atoms with Gasteiger partial charge in [0.2, 0.25) is 0 Å². The van der Waals surface area contributed by atoms with Crippen LogP contribution in [0.1, 0.15) is 30.9 Å². The standard InChI is InChI=1S/C14H24N2O2/c1-3-12-4-5-14(18-12)13(8-15)16-7-6-11(9-16)10-17-2/h4-5,11,13H,3,6-10,15H2,1-2H3. The van der Waals surface area contributed by atoms with Gasteiger partial charge in [0.25, 0.3) is 0 Å². The Bertz CT molecular complexity index is 364. The third-order valence-electron chi connectivity index (χ3n) is 3.74. The molecule has 18 heavy (non-hydrogen) atoms. The fraction of sp³-hybridized carbons (Fsp3) is 0.714. The van der Waals surface area contributed by atoms with Crippen LogP contribution in [0.15, 0.2) is 16.5 Å². The highest BCUT2D eigenvalue weighted by atomic mass is 16.5. The van der Waals surface area contributed by atoms with Gasteiger partial charge in [-0.1, -0.05) is 6.92 Å². The zero-order valence-corrected chi connectivity index (χ0v) is 11.4. The summed E-state index contributed by atoms with van der Waals surface area (Å²) in [6.45, 7) is 5.68. The molecule has 1 aromatic heterocycles. The largest absolute Gasteiger partial charge is 0.464 e. The van der Waals surface area contributed by atoms with Crippen molar-refractivity contribution in [2.45, 2.75) is 25.8 Å². The van der Waals surface area contributed by atoms with Crippen molar-refractivity contribution in [2.75, 3.05) is 33.4 Å². The Balaban J connectivity index is 2.01. The summed E-state index contributed by atoms with van der Waals surface area (Å²) in [4.78, 5) is 2.42. The fourth-order valence-electron chi connectivity index (χ4n) is 2.73. The van der Waals surface area contributed by atoms with E-state index in [9.17, 15) is 0 Å². The summed E-state index contributed by atoms with van der Waals surface area (Å²) in [5.74, 6) is 2.67. The van der Waals surface area contributed by atoms with Gasteiger partial charge in [-0.2, -0.15) is 0 Å². The molecule has 2 unspecified atom stereocenters. The highest BCUT2D eigenvalue weighted by Crippen LogP contribution is 2.28. The normalized spacial score (nSPS) is 22.5. The topological polar surface area (TPSA) is 51.6 Å². The molecule has 0 bridgehead atoms. The molecule has 0 amide bonds. The first-order valence-corrected chi connectivity index (χ1v) is 6.80. The monoisotopic (exact) mass is 252 g/mol. The van der Waals surface area contributed by atoms with Crippen LogP contribution >= 0.6 is 0 Å². The second-order valence-electron chi connectivity index (χ2n) is 5.01. The van der Waals surface area contributed by atoms with E-state index in [1.165, 1.54) is 6.42 Å². The molecule has 0 aromatic carbocycles. The van der Waals surface area contributed by atoms with Crippen LogP contribution in [-0.4, -0.2) is 38.3 Å². The van der Waals surface area contributed by atoms with Crippen molar-refractivity contribution in [1.29, 1.82) is 0 Å². The number of nitrogens with two attached hydrogens (primary N) is 1. The SMILES string of the molecule is CCc1ccc(C(CN)N2CCC(COC)C2)o1. The van der Waals surface area contributed by atoms with Crippen molar-refractivity contribution >= 4 is 0 Å². The van der Waals surface area contributed by atoms with E-state index in [0.29, 0.717) is 12.5 Å². The van der Waals surface area contributed by atoms with E-state index in [1.807, 2.05) is 0 Å². The minimum absolute atomic E-state index is 0.215. The molecular formula is C14H24N2O2. The van der Waals surface area contributed by atoms with Crippen LogP contribution < -0.4 is 5.73 Å². The minimum atomic E-state index is 0.215. The van der Waals surface area contributed by atoms with Gasteiger partial charge in [0.1, 0.15) is 11.5 Å². The van der Waals surface area contributed by atoms with E-state index in [1.54, 1.807) is 7.11 Å². The molecule has 4 heteroatoms. The van der Waals surface area contributed by atoms with Crippen LogP contribution in [0.5, 0.6) is 0 Å². The van der Waals surface area contributed by atoms with Crippen molar-refractivity contribution in [1.82, 2.24) is 4.90 Å². The first-order valence-electron chi connectivity index (χ1n) is 6.80. The molecule has 102 valence electrons. The first kappa shape index (κ1) is 13.6. The third kappa shape index (κ3) is 2.94. The summed E-state index contributed by atoms with van der Waals surface area (Å²) in [5.41, 5.74) is 5.92. The second kappa shape index (κ2) is 6.36. The lowest BCUT2D eigenvalue weighted by molar-refractivity contribution is 0.144. The Morgan fingerprint density at radius 3 is 3.00 bits per heavy atom. The van der Waals surface area contributed by atoms with E-state index >= 15 is 0 Å². The average molecular weight is 252 g/mol. The maximum absolute atomic E-state index is 5.92. The molecule has 4 nitrogen and oxygen atoms in total. The quantitative estimate of drug-likeness (QED) is 0.839. The molecule has 2 atom stereocenters. The van der Waals surface area contributed by atoms with Gasteiger partial charge >= 0.3 is 0 Å². The lowest BCUT2D eigenvalue weighted by atomic mass is 10.1. The highest BCUT2D eigenvalue weighted by molar-refractivity contribution is 5.12. The predicted octanol–water partition coefficient (Wildman–Crippen LogP) is 1.81. The van der Waals surface area contributed by atoms with Crippen LogP contribution in [0.2, 0.25) is 0 Å². The fourth-order valence-corrected chi connectivity index (χ4v) is 2.73. The number of nitrogens with zero attached hydrogens (tertiary/aromatic N) is 1. The number of aryl methyl sites for hydroxylation is 1. The summed E-state index contributed by atoms with van der Waals surface area (Å²) in [7, 11) is 1.77. The van der Waals surface area contributed by atoms with E-state index in [2.05, 4.69) is 24.0 Å². The van der Waals surface area contributed by atoms with Gasteiger partial charge in [0.05, 0.1) is 12.6 Å². The van der Waals surface area contributed by atoms with Crippen molar-refractivity contribution in [3.63, 3.8) is 0 Å². The average Bonchev–Trinajstić information content (AvgIpc) is 3.01. The number of ether oxygens (including phenoxy) is 1. The summed E-state index contributed by atoms with van der Waals surface area (Å²) in [6.07, 6.45) is 2.12. The molecule has 1 aliphatic rings. The van der Waals surface area contributed by atoms with Gasteiger partial charge in [-0.25, -0.2) is 0 Å². The van der Waals surface area contributed by atoms with Crippen molar-refractivity contribution in [3.8, 4) is 0 Å². The molecule has 2 N–H and O–H groups in total. The van der Waals surface area contributed by atoms with Gasteiger partial charge < -0.3 is 14.9 Å². The molecule has 1 saturated heterocycles. The van der Waals surface area contributed by atoms with Crippen molar-refractivity contribution in [3.05, 3.63) is 23.7 Å². The number of likely N-dealkylation sites (tertiary alicyclic amines) is 1. The van der Waals surface area contributed by atoms with Gasteiger partial charge in [-0.3, -0.25) is 4.90 Å². The second-order valence-corrected chi connectivity index (χ2v) is 5.01. The molecule has 1 aromatic rings. The lowest BCUT2D eigenvalue weighted by Gasteiger charge is -2.24. The molecule has 0 spiro atoms. The summed E-state index contributed by atoms with van der Waals surface area (Å²) in [6, 6.07) is 4.34. The molecule has 0 radical (unpaired) electrons. The van der Waals surface area contributed by atoms with E-state index in [-0.39, 0.29) is 6.04 Å². The van der Waals surface area contributed by atoms with Crippen LogP contribution in [-0.2, 0) is 11.2 Å². The van der Waals surface area contributed by atoms with Crippen LogP contribution in [0.25, 0.3) is 0 Å². The minimum Gasteiger partial charge on any atom is -0.464 e. The molecule has 2 heterocycles. The number of hydrogen-bond acceptors (Lipinski definition) is 4. The molecule has 0 saturated carbocycles. The third-order valence-corrected chi connectivity index (χ3v) is 3.74. The van der Waals surface area contributed by atoms with Crippen LogP contribution in [0.3, 0.4) is 0 Å². The number of furan rings is 1. The molecule has 1 fully saturated rings. The Morgan fingerprint density at radius 2 is 2.39 bits per heavy atom. The number of methoxy groups -OCH3 is 1. The molecule has 0 aliphatic carbocycles. The molecule has 2 rings (SSSR count). The Kier molecular flexibility index (Phi) is 4.80. The van der Waals surface area contributed by atoms with Crippen LogP contribution in [0, 0.1) is 5.92 Å². The van der Waals surface area contributed by atoms with Crippen LogP contribution in [0.4, 0.5) is 0 Å². The zero-order valence-electron chi connectivity index (χ0n) is 11.4. The summed E-state index contributed by atoms with van der Waals surface area (Å²) in [5, 5.41) is 0. The van der Waals surface area contributed by atoms with E-state index < -0.39 is 0 Å². The van der Waals surface area contributed by atoms with Gasteiger partial charge in [0, 0.05) is 26.6 Å². The zero-order chi connectivity index (χ0) is 13.0. The lowest BCUT2D eigenvalue weighted by Crippen LogP contribution is -2.32. The molecule has 1 aliphatic heterocycles. The van der Waals surface area contributed by atoms with Crippen molar-refractivity contribution < 1.29 is 9.15 Å². The Labute approximate surface area is 109 Å².